The zero-order valence-corrected chi connectivity index (χ0v) is 14.4. The Kier molecular flexibility index (Phi) is 6.54. The number of amides is 1. The minimum absolute atomic E-state index is 0.201. The zero-order valence-electron chi connectivity index (χ0n) is 14.4. The monoisotopic (exact) mass is 328 g/mol. The Morgan fingerprint density at radius 1 is 1.25 bits per heavy atom. The maximum Gasteiger partial charge on any atom is 0.270 e. The minimum atomic E-state index is -0.201. The van der Waals surface area contributed by atoms with Crippen LogP contribution in [0.1, 0.15) is 29.9 Å². The summed E-state index contributed by atoms with van der Waals surface area (Å²) in [5.74, 6) is 1.78. The maximum atomic E-state index is 12.2. The van der Waals surface area contributed by atoms with Gasteiger partial charge in [0.15, 0.2) is 0 Å². The molecule has 0 unspecified atom stereocenters. The van der Waals surface area contributed by atoms with Crippen molar-refractivity contribution in [3.05, 3.63) is 47.9 Å². The summed E-state index contributed by atoms with van der Waals surface area (Å²) in [6.45, 7) is 5.56. The van der Waals surface area contributed by atoms with Crippen molar-refractivity contribution in [1.29, 1.82) is 0 Å². The van der Waals surface area contributed by atoms with Gasteiger partial charge in [-0.1, -0.05) is 26.0 Å². The van der Waals surface area contributed by atoms with Crippen LogP contribution in [0.15, 0.2) is 36.7 Å². The van der Waals surface area contributed by atoms with E-state index in [2.05, 4.69) is 34.4 Å². The first-order valence-corrected chi connectivity index (χ1v) is 8.05. The Hall–Kier alpha value is -2.63. The van der Waals surface area contributed by atoms with Gasteiger partial charge in [-0.05, 0) is 30.0 Å². The Morgan fingerprint density at radius 2 is 2.08 bits per heavy atom. The number of benzene rings is 1. The van der Waals surface area contributed by atoms with Crippen LogP contribution in [-0.4, -0.2) is 36.1 Å². The Balaban J connectivity index is 1.86. The van der Waals surface area contributed by atoms with Crippen molar-refractivity contribution < 1.29 is 9.53 Å². The summed E-state index contributed by atoms with van der Waals surface area (Å²) < 4.78 is 5.19. The van der Waals surface area contributed by atoms with Crippen molar-refractivity contribution >= 4 is 11.7 Å². The van der Waals surface area contributed by atoms with Crippen molar-refractivity contribution in [2.75, 3.05) is 25.5 Å². The molecular formula is C18H24N4O2. The summed E-state index contributed by atoms with van der Waals surface area (Å²) in [6, 6.07) is 9.48. The summed E-state index contributed by atoms with van der Waals surface area (Å²) in [5, 5.41) is 6.07. The zero-order chi connectivity index (χ0) is 17.4. The minimum Gasteiger partial charge on any atom is -0.497 e. The van der Waals surface area contributed by atoms with E-state index in [1.54, 1.807) is 13.2 Å². The first-order chi connectivity index (χ1) is 11.6. The summed E-state index contributed by atoms with van der Waals surface area (Å²) in [6.07, 6.45) is 2.13. The highest BCUT2D eigenvalue weighted by atomic mass is 16.5. The number of methoxy groups -OCH3 is 1. The van der Waals surface area contributed by atoms with Gasteiger partial charge in [0.1, 0.15) is 23.6 Å². The van der Waals surface area contributed by atoms with Gasteiger partial charge < -0.3 is 15.4 Å². The number of hydrogen-bond acceptors (Lipinski definition) is 5. The van der Waals surface area contributed by atoms with Gasteiger partial charge in [0.2, 0.25) is 0 Å². The largest absolute Gasteiger partial charge is 0.497 e. The predicted octanol–water partition coefficient (Wildman–Crippen LogP) is 2.53. The van der Waals surface area contributed by atoms with Crippen molar-refractivity contribution in [2.24, 2.45) is 5.92 Å². The lowest BCUT2D eigenvalue weighted by Gasteiger charge is -2.09. The van der Waals surface area contributed by atoms with Crippen molar-refractivity contribution in [1.82, 2.24) is 15.3 Å². The van der Waals surface area contributed by atoms with E-state index in [1.807, 2.05) is 24.3 Å². The third kappa shape index (κ3) is 5.53. The highest BCUT2D eigenvalue weighted by molar-refractivity contribution is 5.92. The van der Waals surface area contributed by atoms with Crippen LogP contribution < -0.4 is 15.4 Å². The summed E-state index contributed by atoms with van der Waals surface area (Å²) in [7, 11) is 1.64. The van der Waals surface area contributed by atoms with Crippen LogP contribution in [0.3, 0.4) is 0 Å². The van der Waals surface area contributed by atoms with Crippen LogP contribution >= 0.6 is 0 Å². The fourth-order valence-electron chi connectivity index (χ4n) is 2.13. The number of carbonyl (C=O) groups is 1. The number of nitrogens with one attached hydrogen (secondary N) is 2. The average Bonchev–Trinajstić information content (AvgIpc) is 2.60. The topological polar surface area (TPSA) is 76.1 Å². The normalized spacial score (nSPS) is 10.5. The van der Waals surface area contributed by atoms with Gasteiger partial charge >= 0.3 is 0 Å². The molecule has 0 saturated heterocycles. The molecule has 0 aliphatic heterocycles. The lowest BCUT2D eigenvalue weighted by atomic mass is 10.1. The molecule has 1 amide bonds. The molecular weight excluding hydrogens is 304 g/mol. The number of carbonyl (C=O) groups excluding carboxylic acids is 1. The van der Waals surface area contributed by atoms with E-state index < -0.39 is 0 Å². The number of nitrogens with zero attached hydrogens (tertiary/aromatic N) is 2. The Labute approximate surface area is 142 Å². The smallest absolute Gasteiger partial charge is 0.270 e. The van der Waals surface area contributed by atoms with Gasteiger partial charge in [-0.3, -0.25) is 4.79 Å². The fraction of sp³-hybridized carbons (Fsp3) is 0.389. The second-order valence-corrected chi connectivity index (χ2v) is 5.92. The predicted molar refractivity (Wildman–Crippen MR) is 94.4 cm³/mol. The molecule has 1 heterocycles. The third-order valence-electron chi connectivity index (χ3n) is 3.42. The molecule has 6 nitrogen and oxygen atoms in total. The summed E-state index contributed by atoms with van der Waals surface area (Å²) >= 11 is 0. The number of rotatable bonds is 8. The first kappa shape index (κ1) is 17.7. The molecule has 128 valence electrons. The quantitative estimate of drug-likeness (QED) is 0.779. The molecule has 0 aliphatic carbocycles. The molecule has 2 rings (SSSR count). The van der Waals surface area contributed by atoms with Gasteiger partial charge in [0, 0.05) is 19.2 Å². The molecule has 24 heavy (non-hydrogen) atoms. The second kappa shape index (κ2) is 8.86. The van der Waals surface area contributed by atoms with Crippen LogP contribution in [0.2, 0.25) is 0 Å². The number of hydrogen-bond donors (Lipinski definition) is 2. The maximum absolute atomic E-state index is 12.2. The van der Waals surface area contributed by atoms with Gasteiger partial charge in [-0.25, -0.2) is 9.97 Å². The SMILES string of the molecule is COc1cccc(CCNC(=O)c2cc(NCC(C)C)ncn2)c1. The average molecular weight is 328 g/mol. The van der Waals surface area contributed by atoms with Crippen molar-refractivity contribution in [3.8, 4) is 5.75 Å². The molecule has 0 bridgehead atoms. The molecule has 0 saturated carbocycles. The standard InChI is InChI=1S/C18H24N4O2/c1-13(2)11-20-17-10-16(21-12-22-17)18(23)19-8-7-14-5-4-6-15(9-14)24-3/h4-6,9-10,12-13H,7-8,11H2,1-3H3,(H,19,23)(H,20,21,22). The Morgan fingerprint density at radius 3 is 2.83 bits per heavy atom. The van der Waals surface area contributed by atoms with Crippen LogP contribution in [0.25, 0.3) is 0 Å². The van der Waals surface area contributed by atoms with Crippen molar-refractivity contribution in [2.45, 2.75) is 20.3 Å². The van der Waals surface area contributed by atoms with E-state index in [0.29, 0.717) is 24.0 Å². The van der Waals surface area contributed by atoms with E-state index in [1.165, 1.54) is 6.33 Å². The second-order valence-electron chi connectivity index (χ2n) is 5.92. The van der Waals surface area contributed by atoms with Crippen LogP contribution in [0.5, 0.6) is 5.75 Å². The Bertz CT molecular complexity index is 674. The van der Waals surface area contributed by atoms with E-state index >= 15 is 0 Å². The molecule has 0 atom stereocenters. The van der Waals surface area contributed by atoms with Gasteiger partial charge in [-0.15, -0.1) is 0 Å². The lowest BCUT2D eigenvalue weighted by Crippen LogP contribution is -2.26. The molecule has 2 aromatic rings. The van der Waals surface area contributed by atoms with Gasteiger partial charge in [0.05, 0.1) is 7.11 Å². The van der Waals surface area contributed by atoms with Gasteiger partial charge in [0.25, 0.3) is 5.91 Å². The molecule has 2 N–H and O–H groups in total. The van der Waals surface area contributed by atoms with E-state index in [0.717, 1.165) is 24.3 Å². The van der Waals surface area contributed by atoms with Crippen LogP contribution in [0.4, 0.5) is 5.82 Å². The lowest BCUT2D eigenvalue weighted by molar-refractivity contribution is 0.0949. The van der Waals surface area contributed by atoms with E-state index in [-0.39, 0.29) is 5.91 Å². The highest BCUT2D eigenvalue weighted by Crippen LogP contribution is 2.12. The van der Waals surface area contributed by atoms with E-state index in [9.17, 15) is 4.79 Å². The molecule has 6 heteroatoms. The van der Waals surface area contributed by atoms with Crippen molar-refractivity contribution in [3.63, 3.8) is 0 Å². The van der Waals surface area contributed by atoms with E-state index in [4.69, 9.17) is 4.74 Å². The van der Waals surface area contributed by atoms with Gasteiger partial charge in [-0.2, -0.15) is 0 Å². The third-order valence-corrected chi connectivity index (χ3v) is 3.42. The number of aromatic nitrogens is 2. The fourth-order valence-corrected chi connectivity index (χ4v) is 2.13. The molecule has 0 fully saturated rings. The number of ether oxygens (including phenoxy) is 1. The summed E-state index contributed by atoms with van der Waals surface area (Å²) in [5.41, 5.74) is 1.47. The molecule has 1 aromatic carbocycles. The summed E-state index contributed by atoms with van der Waals surface area (Å²) in [4.78, 5) is 20.4. The van der Waals surface area contributed by atoms with Crippen LogP contribution in [-0.2, 0) is 6.42 Å². The number of anilines is 1. The highest BCUT2D eigenvalue weighted by Gasteiger charge is 2.08. The molecule has 0 radical (unpaired) electrons. The van der Waals surface area contributed by atoms with Crippen LogP contribution in [0, 0.1) is 5.92 Å². The molecule has 0 spiro atoms. The first-order valence-electron chi connectivity index (χ1n) is 8.05. The molecule has 0 aliphatic rings. The molecule has 1 aromatic heterocycles.